The second kappa shape index (κ2) is 6.06. The van der Waals surface area contributed by atoms with Crippen molar-refractivity contribution in [3.05, 3.63) is 65.9 Å². The van der Waals surface area contributed by atoms with Gasteiger partial charge in [-0.25, -0.2) is 4.39 Å². The van der Waals surface area contributed by atoms with Crippen LogP contribution in [0.15, 0.2) is 53.2 Å². The molecule has 1 atom stereocenters. The molecule has 108 valence electrons. The van der Waals surface area contributed by atoms with E-state index in [4.69, 9.17) is 4.42 Å². The van der Waals surface area contributed by atoms with Crippen LogP contribution < -0.4 is 5.32 Å². The number of fused-ring (bicyclic) bond motifs is 1. The molecule has 3 rings (SSSR count). The maximum atomic E-state index is 13.8. The van der Waals surface area contributed by atoms with Gasteiger partial charge in [0, 0.05) is 17.8 Å². The van der Waals surface area contributed by atoms with Crippen molar-refractivity contribution in [3.63, 3.8) is 0 Å². The van der Waals surface area contributed by atoms with Crippen molar-refractivity contribution in [1.29, 1.82) is 0 Å². The third-order valence-electron chi connectivity index (χ3n) is 3.44. The van der Waals surface area contributed by atoms with Gasteiger partial charge in [0.1, 0.15) is 5.76 Å². The van der Waals surface area contributed by atoms with Gasteiger partial charge in [0.15, 0.2) is 11.4 Å². The van der Waals surface area contributed by atoms with Crippen LogP contribution in [-0.2, 0) is 0 Å². The summed E-state index contributed by atoms with van der Waals surface area (Å²) in [6.07, 6.45) is 4.51. The molecule has 1 aromatic carbocycles. The first-order valence-electron chi connectivity index (χ1n) is 7.11. The van der Waals surface area contributed by atoms with Gasteiger partial charge in [-0.1, -0.05) is 19.1 Å². The Morgan fingerprint density at radius 1 is 1.24 bits per heavy atom. The SMILES string of the molecule is CCCNC(c1ccncc1)c1cc2cccc(F)c2o1. The Morgan fingerprint density at radius 2 is 2.05 bits per heavy atom. The molecule has 0 spiro atoms. The molecule has 1 N–H and O–H groups in total. The molecule has 0 fully saturated rings. The van der Waals surface area contributed by atoms with E-state index >= 15 is 0 Å². The zero-order valence-electron chi connectivity index (χ0n) is 11.8. The van der Waals surface area contributed by atoms with Gasteiger partial charge in [-0.05, 0) is 42.8 Å². The van der Waals surface area contributed by atoms with E-state index in [9.17, 15) is 4.39 Å². The molecule has 0 saturated carbocycles. The maximum absolute atomic E-state index is 13.8. The number of halogens is 1. The smallest absolute Gasteiger partial charge is 0.169 e. The highest BCUT2D eigenvalue weighted by Crippen LogP contribution is 2.29. The molecular weight excluding hydrogens is 267 g/mol. The number of rotatable bonds is 5. The Labute approximate surface area is 122 Å². The number of nitrogens with zero attached hydrogens (tertiary/aromatic N) is 1. The van der Waals surface area contributed by atoms with Crippen LogP contribution in [0.3, 0.4) is 0 Å². The number of aromatic nitrogens is 1. The van der Waals surface area contributed by atoms with Crippen LogP contribution >= 0.6 is 0 Å². The molecule has 0 radical (unpaired) electrons. The minimum Gasteiger partial charge on any atom is -0.456 e. The van der Waals surface area contributed by atoms with Crippen LogP contribution in [0, 0.1) is 5.82 Å². The van der Waals surface area contributed by atoms with Gasteiger partial charge in [0.05, 0.1) is 6.04 Å². The van der Waals surface area contributed by atoms with E-state index in [1.165, 1.54) is 6.07 Å². The lowest BCUT2D eigenvalue weighted by Crippen LogP contribution is -2.22. The summed E-state index contributed by atoms with van der Waals surface area (Å²) >= 11 is 0. The van der Waals surface area contributed by atoms with E-state index in [0.29, 0.717) is 5.58 Å². The maximum Gasteiger partial charge on any atom is 0.169 e. The van der Waals surface area contributed by atoms with Crippen molar-refractivity contribution in [2.45, 2.75) is 19.4 Å². The van der Waals surface area contributed by atoms with Crippen molar-refractivity contribution < 1.29 is 8.81 Å². The fraction of sp³-hybridized carbons (Fsp3) is 0.235. The molecule has 3 nitrogen and oxygen atoms in total. The second-order valence-electron chi connectivity index (χ2n) is 4.97. The molecule has 0 saturated heterocycles. The van der Waals surface area contributed by atoms with Crippen molar-refractivity contribution in [2.75, 3.05) is 6.54 Å². The summed E-state index contributed by atoms with van der Waals surface area (Å²) in [4.78, 5) is 4.04. The van der Waals surface area contributed by atoms with Crippen LogP contribution in [0.5, 0.6) is 0 Å². The highest BCUT2D eigenvalue weighted by Gasteiger charge is 2.19. The third kappa shape index (κ3) is 2.81. The van der Waals surface area contributed by atoms with Crippen LogP contribution in [0.2, 0.25) is 0 Å². The predicted molar refractivity (Wildman–Crippen MR) is 80.5 cm³/mol. The number of hydrogen-bond acceptors (Lipinski definition) is 3. The summed E-state index contributed by atoms with van der Waals surface area (Å²) in [5.74, 6) is 0.387. The standard InChI is InChI=1S/C17H17FN2O/c1-2-8-20-16(12-6-9-19-10-7-12)15-11-13-4-3-5-14(18)17(13)21-15/h3-7,9-11,16,20H,2,8H2,1H3. The zero-order chi connectivity index (χ0) is 14.7. The number of hydrogen-bond donors (Lipinski definition) is 1. The monoisotopic (exact) mass is 284 g/mol. The molecule has 1 unspecified atom stereocenters. The Bertz CT molecular complexity index is 724. The van der Waals surface area contributed by atoms with Gasteiger partial charge >= 0.3 is 0 Å². The molecule has 0 amide bonds. The lowest BCUT2D eigenvalue weighted by molar-refractivity contribution is 0.458. The lowest BCUT2D eigenvalue weighted by atomic mass is 10.1. The van der Waals surface area contributed by atoms with Gasteiger partial charge in [0.2, 0.25) is 0 Å². The Kier molecular flexibility index (Phi) is 3.97. The van der Waals surface area contributed by atoms with Crippen molar-refractivity contribution in [2.24, 2.45) is 0 Å². The first kappa shape index (κ1) is 13.8. The van der Waals surface area contributed by atoms with Crippen LogP contribution in [0.25, 0.3) is 11.0 Å². The molecule has 2 heterocycles. The summed E-state index contributed by atoms with van der Waals surface area (Å²) in [6, 6.07) is 10.6. The van der Waals surface area contributed by atoms with Crippen molar-refractivity contribution in [1.82, 2.24) is 10.3 Å². The summed E-state index contributed by atoms with van der Waals surface area (Å²) in [6.45, 7) is 2.96. The molecule has 0 bridgehead atoms. The van der Waals surface area contributed by atoms with Crippen LogP contribution in [0.1, 0.15) is 30.7 Å². The van der Waals surface area contributed by atoms with Crippen molar-refractivity contribution >= 4 is 11.0 Å². The summed E-state index contributed by atoms with van der Waals surface area (Å²) < 4.78 is 19.5. The topological polar surface area (TPSA) is 38.1 Å². The quantitative estimate of drug-likeness (QED) is 0.768. The Balaban J connectivity index is 2.03. The number of furan rings is 1. The van der Waals surface area contributed by atoms with E-state index in [1.54, 1.807) is 18.5 Å². The minimum absolute atomic E-state index is 0.0975. The van der Waals surface area contributed by atoms with Crippen LogP contribution in [-0.4, -0.2) is 11.5 Å². The molecule has 4 heteroatoms. The molecule has 0 aliphatic heterocycles. The van der Waals surface area contributed by atoms with E-state index < -0.39 is 0 Å². The second-order valence-corrected chi connectivity index (χ2v) is 4.97. The number of pyridine rings is 1. The average Bonchev–Trinajstić information content (AvgIpc) is 2.94. The minimum atomic E-state index is -0.331. The molecule has 0 aliphatic rings. The van der Waals surface area contributed by atoms with E-state index in [-0.39, 0.29) is 11.9 Å². The summed E-state index contributed by atoms with van der Waals surface area (Å²) in [7, 11) is 0. The van der Waals surface area contributed by atoms with E-state index in [2.05, 4.69) is 17.2 Å². The number of nitrogens with one attached hydrogen (secondary N) is 1. The highest BCUT2D eigenvalue weighted by molar-refractivity contribution is 5.78. The Hall–Kier alpha value is -2.20. The van der Waals surface area contributed by atoms with Crippen LogP contribution in [0.4, 0.5) is 4.39 Å². The largest absolute Gasteiger partial charge is 0.456 e. The summed E-state index contributed by atoms with van der Waals surface area (Å²) in [5, 5.41) is 4.22. The highest BCUT2D eigenvalue weighted by atomic mass is 19.1. The molecule has 0 aliphatic carbocycles. The zero-order valence-corrected chi connectivity index (χ0v) is 11.8. The molecular formula is C17H17FN2O. The predicted octanol–water partition coefficient (Wildman–Crippen LogP) is 4.06. The molecule has 2 aromatic heterocycles. The third-order valence-corrected chi connectivity index (χ3v) is 3.44. The molecule has 21 heavy (non-hydrogen) atoms. The Morgan fingerprint density at radius 3 is 2.76 bits per heavy atom. The van der Waals surface area contributed by atoms with Gasteiger partial charge in [0.25, 0.3) is 0 Å². The average molecular weight is 284 g/mol. The fourth-order valence-corrected chi connectivity index (χ4v) is 2.42. The first-order valence-corrected chi connectivity index (χ1v) is 7.11. The van der Waals surface area contributed by atoms with Gasteiger partial charge < -0.3 is 9.73 Å². The first-order chi connectivity index (χ1) is 10.3. The van der Waals surface area contributed by atoms with Crippen molar-refractivity contribution in [3.8, 4) is 0 Å². The normalized spacial score (nSPS) is 12.7. The van der Waals surface area contributed by atoms with Gasteiger partial charge in [-0.15, -0.1) is 0 Å². The number of benzene rings is 1. The lowest BCUT2D eigenvalue weighted by Gasteiger charge is -2.16. The fourth-order valence-electron chi connectivity index (χ4n) is 2.42. The van der Waals surface area contributed by atoms with E-state index in [0.717, 1.165) is 29.7 Å². The van der Waals surface area contributed by atoms with E-state index in [1.807, 2.05) is 24.3 Å². The molecule has 3 aromatic rings. The van der Waals surface area contributed by atoms with Gasteiger partial charge in [-0.2, -0.15) is 0 Å². The number of para-hydroxylation sites is 1. The van der Waals surface area contributed by atoms with Gasteiger partial charge in [-0.3, -0.25) is 4.98 Å². The summed E-state index contributed by atoms with van der Waals surface area (Å²) in [5.41, 5.74) is 1.36.